The quantitative estimate of drug-likeness (QED) is 0.431. The second-order valence-corrected chi connectivity index (χ2v) is 4.22. The number of hydrogen-bond donors (Lipinski definition) is 1. The Balaban J connectivity index is 2.40. The van der Waals surface area contributed by atoms with E-state index in [0.717, 1.165) is 19.4 Å². The van der Waals surface area contributed by atoms with Crippen LogP contribution in [-0.2, 0) is 0 Å². The van der Waals surface area contributed by atoms with Crippen LogP contribution in [0.3, 0.4) is 0 Å². The van der Waals surface area contributed by atoms with Crippen molar-refractivity contribution in [2.24, 2.45) is 5.92 Å². The third-order valence-corrected chi connectivity index (χ3v) is 3.01. The van der Waals surface area contributed by atoms with E-state index < -0.39 is 6.04 Å². The molecule has 1 aliphatic rings. The van der Waals surface area contributed by atoms with Crippen LogP contribution in [0.2, 0.25) is 0 Å². The first-order valence-corrected chi connectivity index (χ1v) is 5.70. The van der Waals surface area contributed by atoms with Gasteiger partial charge in [-0.25, -0.2) is 0 Å². The van der Waals surface area contributed by atoms with Crippen LogP contribution in [0.25, 0.3) is 0 Å². The summed E-state index contributed by atoms with van der Waals surface area (Å²) >= 11 is 0. The van der Waals surface area contributed by atoms with E-state index >= 15 is 0 Å². The standard InChI is InChI=1S/C11H20N2O2/c1-3-8-12-9(2)10-4-6-11(7-5-10)13(14)15/h4,6,9-12H,3,5,7-8H2,1-2H3. The zero-order valence-corrected chi connectivity index (χ0v) is 9.48. The molecule has 1 aliphatic carbocycles. The number of nitrogens with zero attached hydrogens (tertiary/aromatic N) is 1. The summed E-state index contributed by atoms with van der Waals surface area (Å²) in [4.78, 5) is 10.3. The largest absolute Gasteiger partial charge is 0.314 e. The van der Waals surface area contributed by atoms with Crippen LogP contribution >= 0.6 is 0 Å². The van der Waals surface area contributed by atoms with E-state index in [4.69, 9.17) is 0 Å². The van der Waals surface area contributed by atoms with Gasteiger partial charge in [-0.3, -0.25) is 10.1 Å². The van der Waals surface area contributed by atoms with Crippen LogP contribution in [0.4, 0.5) is 0 Å². The molecule has 0 saturated carbocycles. The van der Waals surface area contributed by atoms with Crippen molar-refractivity contribution in [3.63, 3.8) is 0 Å². The molecule has 0 bridgehead atoms. The molecule has 86 valence electrons. The molecule has 0 saturated heterocycles. The van der Waals surface area contributed by atoms with Crippen LogP contribution in [0.1, 0.15) is 33.1 Å². The molecule has 1 rings (SSSR count). The maximum atomic E-state index is 10.5. The van der Waals surface area contributed by atoms with Gasteiger partial charge in [-0.2, -0.15) is 0 Å². The Bertz CT molecular complexity index is 241. The fourth-order valence-electron chi connectivity index (χ4n) is 1.94. The van der Waals surface area contributed by atoms with Crippen LogP contribution < -0.4 is 5.32 Å². The number of rotatable bonds is 5. The number of nitro groups is 1. The van der Waals surface area contributed by atoms with E-state index in [1.165, 1.54) is 0 Å². The average molecular weight is 212 g/mol. The summed E-state index contributed by atoms with van der Waals surface area (Å²) in [5, 5.41) is 14.0. The van der Waals surface area contributed by atoms with Gasteiger partial charge in [0.05, 0.1) is 0 Å². The van der Waals surface area contributed by atoms with Crippen molar-refractivity contribution in [3.05, 3.63) is 22.3 Å². The van der Waals surface area contributed by atoms with Crippen LogP contribution in [0.15, 0.2) is 12.2 Å². The summed E-state index contributed by atoms with van der Waals surface area (Å²) in [6.45, 7) is 5.31. The van der Waals surface area contributed by atoms with Crippen LogP contribution in [-0.4, -0.2) is 23.6 Å². The zero-order valence-electron chi connectivity index (χ0n) is 9.48. The lowest BCUT2D eigenvalue weighted by atomic mass is 9.88. The Morgan fingerprint density at radius 1 is 1.53 bits per heavy atom. The van der Waals surface area contributed by atoms with Gasteiger partial charge >= 0.3 is 0 Å². The van der Waals surface area contributed by atoms with Crippen molar-refractivity contribution in [1.82, 2.24) is 5.32 Å². The van der Waals surface area contributed by atoms with E-state index in [0.29, 0.717) is 18.4 Å². The second-order valence-electron chi connectivity index (χ2n) is 4.22. The fraction of sp³-hybridized carbons (Fsp3) is 0.818. The molecule has 15 heavy (non-hydrogen) atoms. The monoisotopic (exact) mass is 212 g/mol. The summed E-state index contributed by atoms with van der Waals surface area (Å²) in [7, 11) is 0. The maximum absolute atomic E-state index is 10.5. The molecule has 0 heterocycles. The Labute approximate surface area is 90.9 Å². The van der Waals surface area contributed by atoms with E-state index in [9.17, 15) is 10.1 Å². The molecular weight excluding hydrogens is 192 g/mol. The Morgan fingerprint density at radius 2 is 2.27 bits per heavy atom. The number of nitrogens with one attached hydrogen (secondary N) is 1. The third-order valence-electron chi connectivity index (χ3n) is 3.01. The van der Waals surface area contributed by atoms with Crippen molar-refractivity contribution in [2.75, 3.05) is 6.54 Å². The summed E-state index contributed by atoms with van der Waals surface area (Å²) in [6, 6.07) is -0.0338. The fourth-order valence-corrected chi connectivity index (χ4v) is 1.94. The molecule has 3 unspecified atom stereocenters. The van der Waals surface area contributed by atoms with Gasteiger partial charge in [0.1, 0.15) is 0 Å². The lowest BCUT2D eigenvalue weighted by Crippen LogP contribution is -2.35. The van der Waals surface area contributed by atoms with Gasteiger partial charge in [0.15, 0.2) is 0 Å². The minimum atomic E-state index is -0.459. The predicted octanol–water partition coefficient (Wildman–Crippen LogP) is 1.99. The predicted molar refractivity (Wildman–Crippen MR) is 60.4 cm³/mol. The molecule has 0 fully saturated rings. The topological polar surface area (TPSA) is 55.2 Å². The highest BCUT2D eigenvalue weighted by Crippen LogP contribution is 2.22. The minimum Gasteiger partial charge on any atom is -0.314 e. The molecule has 0 amide bonds. The molecular formula is C11H20N2O2. The van der Waals surface area contributed by atoms with Gasteiger partial charge in [0.25, 0.3) is 0 Å². The van der Waals surface area contributed by atoms with Gasteiger partial charge in [0.2, 0.25) is 6.04 Å². The smallest absolute Gasteiger partial charge is 0.231 e. The highest BCUT2D eigenvalue weighted by molar-refractivity contribution is 5.01. The molecule has 1 N–H and O–H groups in total. The average Bonchev–Trinajstić information content (AvgIpc) is 2.26. The van der Waals surface area contributed by atoms with Gasteiger partial charge in [-0.15, -0.1) is 0 Å². The normalized spacial score (nSPS) is 27.6. The molecule has 0 aromatic heterocycles. The van der Waals surface area contributed by atoms with Crippen molar-refractivity contribution in [1.29, 1.82) is 0 Å². The molecule has 0 radical (unpaired) electrons. The minimum absolute atomic E-state index is 0.198. The van der Waals surface area contributed by atoms with Gasteiger partial charge < -0.3 is 5.32 Å². The van der Waals surface area contributed by atoms with Crippen molar-refractivity contribution in [3.8, 4) is 0 Å². The highest BCUT2D eigenvalue weighted by Gasteiger charge is 2.25. The SMILES string of the molecule is CCCNC(C)C1C=CC([N+](=O)[O-])CC1. The van der Waals surface area contributed by atoms with Crippen molar-refractivity contribution >= 4 is 0 Å². The first kappa shape index (κ1) is 12.2. The molecule has 0 aromatic carbocycles. The number of hydrogen-bond acceptors (Lipinski definition) is 3. The molecule has 4 nitrogen and oxygen atoms in total. The molecule has 0 aliphatic heterocycles. The highest BCUT2D eigenvalue weighted by atomic mass is 16.6. The lowest BCUT2D eigenvalue weighted by molar-refractivity contribution is -0.511. The van der Waals surface area contributed by atoms with Gasteiger partial charge in [0, 0.05) is 17.4 Å². The third kappa shape index (κ3) is 3.63. The van der Waals surface area contributed by atoms with Gasteiger partial charge in [-0.1, -0.05) is 13.0 Å². The Kier molecular flexibility index (Phi) is 4.75. The van der Waals surface area contributed by atoms with Gasteiger partial charge in [-0.05, 0) is 38.3 Å². The van der Waals surface area contributed by atoms with Crippen LogP contribution in [0, 0.1) is 16.0 Å². The maximum Gasteiger partial charge on any atom is 0.231 e. The van der Waals surface area contributed by atoms with E-state index in [2.05, 4.69) is 19.2 Å². The summed E-state index contributed by atoms with van der Waals surface area (Å²) < 4.78 is 0. The summed E-state index contributed by atoms with van der Waals surface area (Å²) in [6.07, 6.45) is 6.47. The summed E-state index contributed by atoms with van der Waals surface area (Å²) in [5.41, 5.74) is 0. The van der Waals surface area contributed by atoms with E-state index in [1.54, 1.807) is 6.08 Å². The first-order valence-electron chi connectivity index (χ1n) is 5.70. The zero-order chi connectivity index (χ0) is 11.3. The molecule has 0 spiro atoms. The van der Waals surface area contributed by atoms with E-state index in [1.807, 2.05) is 6.08 Å². The lowest BCUT2D eigenvalue weighted by Gasteiger charge is -2.25. The first-order chi connectivity index (χ1) is 7.15. The van der Waals surface area contributed by atoms with Crippen molar-refractivity contribution < 1.29 is 4.92 Å². The second kappa shape index (κ2) is 5.85. The Morgan fingerprint density at radius 3 is 2.73 bits per heavy atom. The molecule has 4 heteroatoms. The molecule has 0 aromatic rings. The van der Waals surface area contributed by atoms with E-state index in [-0.39, 0.29) is 4.92 Å². The molecule has 3 atom stereocenters. The van der Waals surface area contributed by atoms with Crippen molar-refractivity contribution in [2.45, 2.75) is 45.2 Å². The summed E-state index contributed by atoms with van der Waals surface area (Å²) in [5.74, 6) is 0.452. The van der Waals surface area contributed by atoms with Crippen LogP contribution in [0.5, 0.6) is 0 Å². The Hall–Kier alpha value is -0.900.